The lowest BCUT2D eigenvalue weighted by Gasteiger charge is -2.36. The highest BCUT2D eigenvalue weighted by atomic mass is 79.9. The number of hydrogen-bond donors (Lipinski definition) is 1. The Labute approximate surface area is 135 Å². The maximum Gasteiger partial charge on any atom is 0.212 e. The van der Waals surface area contributed by atoms with E-state index in [2.05, 4.69) is 20.7 Å². The molecule has 1 aliphatic rings. The zero-order chi connectivity index (χ0) is 15.3. The number of alkyl halides is 1. The van der Waals surface area contributed by atoms with Gasteiger partial charge in [-0.25, -0.2) is 13.1 Å². The molecule has 1 aromatic rings. The molecular formula is C15H22BrNO3S. The Morgan fingerprint density at radius 3 is 2.48 bits per heavy atom. The zero-order valence-electron chi connectivity index (χ0n) is 12.2. The molecule has 0 aromatic heterocycles. The van der Waals surface area contributed by atoms with E-state index in [0.29, 0.717) is 31.4 Å². The second-order valence-electron chi connectivity index (χ2n) is 5.72. The third-order valence-corrected chi connectivity index (χ3v) is 6.67. The summed E-state index contributed by atoms with van der Waals surface area (Å²) in [6.07, 6.45) is 1.41. The van der Waals surface area contributed by atoms with Gasteiger partial charge < -0.3 is 4.74 Å². The van der Waals surface area contributed by atoms with Crippen molar-refractivity contribution in [3.8, 4) is 0 Å². The average molecular weight is 376 g/mol. The van der Waals surface area contributed by atoms with Crippen molar-refractivity contribution in [2.45, 2.75) is 31.2 Å². The lowest BCUT2D eigenvalue weighted by Crippen LogP contribution is -2.54. The van der Waals surface area contributed by atoms with Crippen molar-refractivity contribution in [1.29, 1.82) is 0 Å². The van der Waals surface area contributed by atoms with Crippen molar-refractivity contribution in [2.75, 3.05) is 24.3 Å². The summed E-state index contributed by atoms with van der Waals surface area (Å²) in [5.41, 5.74) is 0.635. The van der Waals surface area contributed by atoms with Crippen LogP contribution in [0.25, 0.3) is 0 Å². The van der Waals surface area contributed by atoms with E-state index in [-0.39, 0.29) is 11.7 Å². The number of sulfonamides is 1. The third kappa shape index (κ3) is 4.77. The summed E-state index contributed by atoms with van der Waals surface area (Å²) in [6.45, 7) is 3.14. The van der Waals surface area contributed by atoms with Gasteiger partial charge in [0.2, 0.25) is 10.0 Å². The van der Waals surface area contributed by atoms with E-state index in [4.69, 9.17) is 4.74 Å². The lowest BCUT2D eigenvalue weighted by molar-refractivity contribution is 0.0557. The van der Waals surface area contributed by atoms with Gasteiger partial charge in [-0.15, -0.1) is 0 Å². The molecule has 6 heteroatoms. The van der Waals surface area contributed by atoms with Crippen molar-refractivity contribution in [3.63, 3.8) is 0 Å². The number of benzene rings is 1. The SMILES string of the molecule is CC(CS(=O)(=O)NC1(CBr)CCOCC1)c1ccccc1. The van der Waals surface area contributed by atoms with E-state index in [1.54, 1.807) is 0 Å². The predicted molar refractivity (Wildman–Crippen MR) is 88.4 cm³/mol. The van der Waals surface area contributed by atoms with E-state index >= 15 is 0 Å². The molecule has 1 N–H and O–H groups in total. The minimum atomic E-state index is -3.33. The molecule has 1 saturated heterocycles. The van der Waals surface area contributed by atoms with Crippen LogP contribution in [-0.4, -0.2) is 38.3 Å². The third-order valence-electron chi connectivity index (χ3n) is 3.92. The molecule has 2 rings (SSSR count). The van der Waals surface area contributed by atoms with Crippen LogP contribution < -0.4 is 4.72 Å². The Bertz CT molecular complexity index is 541. The Morgan fingerprint density at radius 2 is 1.90 bits per heavy atom. The van der Waals surface area contributed by atoms with E-state index in [0.717, 1.165) is 5.56 Å². The zero-order valence-corrected chi connectivity index (χ0v) is 14.6. The minimum absolute atomic E-state index is 0.0316. The Morgan fingerprint density at radius 1 is 1.29 bits per heavy atom. The van der Waals surface area contributed by atoms with Crippen LogP contribution in [-0.2, 0) is 14.8 Å². The Balaban J connectivity index is 2.04. The van der Waals surface area contributed by atoms with Gasteiger partial charge in [-0.05, 0) is 24.3 Å². The second kappa shape index (κ2) is 7.22. The van der Waals surface area contributed by atoms with Crippen LogP contribution in [0.1, 0.15) is 31.2 Å². The fourth-order valence-electron chi connectivity index (χ4n) is 2.60. The van der Waals surface area contributed by atoms with E-state index in [1.165, 1.54) is 0 Å². The summed E-state index contributed by atoms with van der Waals surface area (Å²) in [5, 5.41) is 0.613. The van der Waals surface area contributed by atoms with Gasteiger partial charge in [0.15, 0.2) is 0 Å². The molecular weight excluding hydrogens is 354 g/mol. The fraction of sp³-hybridized carbons (Fsp3) is 0.600. The highest BCUT2D eigenvalue weighted by Gasteiger charge is 2.36. The van der Waals surface area contributed by atoms with Gasteiger partial charge in [0.05, 0.1) is 5.75 Å². The largest absolute Gasteiger partial charge is 0.381 e. The molecule has 1 aliphatic heterocycles. The first-order valence-electron chi connectivity index (χ1n) is 7.17. The van der Waals surface area contributed by atoms with Gasteiger partial charge in [0.1, 0.15) is 0 Å². The van der Waals surface area contributed by atoms with E-state index < -0.39 is 15.6 Å². The Hall–Kier alpha value is -0.430. The highest BCUT2D eigenvalue weighted by molar-refractivity contribution is 9.09. The molecule has 0 radical (unpaired) electrons. The van der Waals surface area contributed by atoms with Gasteiger partial charge in [-0.2, -0.15) is 0 Å². The summed E-state index contributed by atoms with van der Waals surface area (Å²) in [6, 6.07) is 9.74. The summed E-state index contributed by atoms with van der Waals surface area (Å²) in [4.78, 5) is 0. The van der Waals surface area contributed by atoms with Gasteiger partial charge in [0, 0.05) is 24.1 Å². The van der Waals surface area contributed by atoms with E-state index in [9.17, 15) is 8.42 Å². The topological polar surface area (TPSA) is 55.4 Å². The molecule has 4 nitrogen and oxygen atoms in total. The van der Waals surface area contributed by atoms with Crippen molar-refractivity contribution in [1.82, 2.24) is 4.72 Å². The Kier molecular flexibility index (Phi) is 5.82. The smallest absolute Gasteiger partial charge is 0.212 e. The molecule has 0 aliphatic carbocycles. The molecule has 0 amide bonds. The van der Waals surface area contributed by atoms with Crippen molar-refractivity contribution in [3.05, 3.63) is 35.9 Å². The quantitative estimate of drug-likeness (QED) is 0.777. The normalized spacial score (nSPS) is 20.1. The molecule has 1 aromatic carbocycles. The first-order chi connectivity index (χ1) is 9.96. The molecule has 0 saturated carbocycles. The van der Waals surface area contributed by atoms with Gasteiger partial charge >= 0.3 is 0 Å². The van der Waals surface area contributed by atoms with Crippen molar-refractivity contribution < 1.29 is 13.2 Å². The van der Waals surface area contributed by atoms with Crippen LogP contribution in [0, 0.1) is 0 Å². The van der Waals surface area contributed by atoms with Crippen LogP contribution in [0.4, 0.5) is 0 Å². The number of ether oxygens (including phenoxy) is 1. The number of halogens is 1. The predicted octanol–water partition coefficient (Wildman–Crippen LogP) is 2.65. The molecule has 1 heterocycles. The molecule has 21 heavy (non-hydrogen) atoms. The van der Waals surface area contributed by atoms with Crippen LogP contribution >= 0.6 is 15.9 Å². The van der Waals surface area contributed by atoms with Crippen LogP contribution in [0.2, 0.25) is 0 Å². The van der Waals surface area contributed by atoms with Crippen LogP contribution in [0.15, 0.2) is 30.3 Å². The van der Waals surface area contributed by atoms with E-state index in [1.807, 2.05) is 37.3 Å². The lowest BCUT2D eigenvalue weighted by atomic mass is 9.94. The van der Waals surface area contributed by atoms with Gasteiger partial charge in [0.25, 0.3) is 0 Å². The molecule has 0 bridgehead atoms. The molecule has 0 spiro atoms. The van der Waals surface area contributed by atoms with Crippen molar-refractivity contribution in [2.24, 2.45) is 0 Å². The van der Waals surface area contributed by atoms with Crippen LogP contribution in [0.5, 0.6) is 0 Å². The molecule has 118 valence electrons. The van der Waals surface area contributed by atoms with Crippen LogP contribution in [0.3, 0.4) is 0 Å². The molecule has 1 unspecified atom stereocenters. The molecule has 1 atom stereocenters. The average Bonchev–Trinajstić information content (AvgIpc) is 2.48. The summed E-state index contributed by atoms with van der Waals surface area (Å²) < 4.78 is 33.2. The summed E-state index contributed by atoms with van der Waals surface area (Å²) >= 11 is 3.45. The summed E-state index contributed by atoms with van der Waals surface area (Å²) in [7, 11) is -3.33. The first kappa shape index (κ1) is 16.9. The number of hydrogen-bond acceptors (Lipinski definition) is 3. The minimum Gasteiger partial charge on any atom is -0.381 e. The van der Waals surface area contributed by atoms with Gasteiger partial charge in [-0.1, -0.05) is 53.2 Å². The standard InChI is InChI=1S/C15H22BrNO3S/c1-13(14-5-3-2-4-6-14)11-21(18,19)17-15(12-16)7-9-20-10-8-15/h2-6,13,17H,7-12H2,1H3. The van der Waals surface area contributed by atoms with Crippen molar-refractivity contribution >= 4 is 26.0 Å². The monoisotopic (exact) mass is 375 g/mol. The maximum atomic E-state index is 12.5. The van der Waals surface area contributed by atoms with Gasteiger partial charge in [-0.3, -0.25) is 0 Å². The molecule has 1 fully saturated rings. The summed E-state index contributed by atoms with van der Waals surface area (Å²) in [5.74, 6) is 0.0722. The fourth-order valence-corrected chi connectivity index (χ4v) is 5.36. The first-order valence-corrected chi connectivity index (χ1v) is 9.94. The number of rotatable bonds is 6. The maximum absolute atomic E-state index is 12.5. The number of nitrogens with one attached hydrogen (secondary N) is 1. The highest BCUT2D eigenvalue weighted by Crippen LogP contribution is 2.25. The second-order valence-corrected chi connectivity index (χ2v) is 8.05.